The van der Waals surface area contributed by atoms with E-state index in [4.69, 9.17) is 4.42 Å². The highest BCUT2D eigenvalue weighted by atomic mass is 79.9. The van der Waals surface area contributed by atoms with Gasteiger partial charge < -0.3 is 9.73 Å². The topological polar surface area (TPSA) is 42.2 Å². The van der Waals surface area contributed by atoms with Crippen molar-refractivity contribution in [3.63, 3.8) is 0 Å². The van der Waals surface area contributed by atoms with Gasteiger partial charge in [-0.15, -0.1) is 0 Å². The van der Waals surface area contributed by atoms with E-state index in [0.29, 0.717) is 0 Å². The van der Waals surface area contributed by atoms with Crippen LogP contribution >= 0.6 is 15.9 Å². The summed E-state index contributed by atoms with van der Waals surface area (Å²) < 4.78 is 17.2. The third-order valence-electron chi connectivity index (χ3n) is 2.10. The minimum atomic E-state index is -0.694. The molecular weight excluding hydrogens is 278 g/mol. The van der Waals surface area contributed by atoms with E-state index >= 15 is 0 Å². The summed E-state index contributed by atoms with van der Waals surface area (Å²) in [6.45, 7) is 2.90. The first-order valence-corrected chi connectivity index (χ1v) is 7.39. The molecule has 1 rings (SSSR count). The van der Waals surface area contributed by atoms with Gasteiger partial charge in [0, 0.05) is 22.8 Å². The van der Waals surface area contributed by atoms with Crippen LogP contribution in [0.25, 0.3) is 0 Å². The van der Waals surface area contributed by atoms with Crippen LogP contribution in [0.2, 0.25) is 0 Å². The van der Waals surface area contributed by atoms with Crippen LogP contribution in [0.5, 0.6) is 0 Å². The molecule has 0 saturated heterocycles. The van der Waals surface area contributed by atoms with E-state index in [9.17, 15) is 4.21 Å². The monoisotopic (exact) mass is 293 g/mol. The molecule has 86 valence electrons. The maximum absolute atomic E-state index is 10.8. The standard InChI is InChI=1S/C10H16BrNO2S/c1-8(10-9(11)4-6-14-10)12-5-3-7-15(2)13/h4,6,8,12H,3,5,7H2,1-2H3. The number of halogens is 1. The molecule has 1 N–H and O–H groups in total. The van der Waals surface area contributed by atoms with E-state index < -0.39 is 10.8 Å². The molecular formula is C10H16BrNO2S. The maximum atomic E-state index is 10.8. The van der Waals surface area contributed by atoms with Gasteiger partial charge in [-0.05, 0) is 41.9 Å². The molecule has 15 heavy (non-hydrogen) atoms. The van der Waals surface area contributed by atoms with E-state index in [1.54, 1.807) is 12.5 Å². The molecule has 3 nitrogen and oxygen atoms in total. The van der Waals surface area contributed by atoms with Gasteiger partial charge in [0.25, 0.3) is 0 Å². The van der Waals surface area contributed by atoms with Gasteiger partial charge in [-0.3, -0.25) is 4.21 Å². The van der Waals surface area contributed by atoms with Crippen LogP contribution in [0.3, 0.4) is 0 Å². The van der Waals surface area contributed by atoms with Crippen molar-refractivity contribution >= 4 is 26.7 Å². The lowest BCUT2D eigenvalue weighted by Gasteiger charge is -2.11. The fraction of sp³-hybridized carbons (Fsp3) is 0.600. The Kier molecular flexibility index (Phi) is 5.56. The Morgan fingerprint density at radius 2 is 2.40 bits per heavy atom. The zero-order chi connectivity index (χ0) is 11.3. The highest BCUT2D eigenvalue weighted by Gasteiger charge is 2.11. The van der Waals surface area contributed by atoms with Crippen LogP contribution in [0.15, 0.2) is 21.2 Å². The Labute approximate surface area is 101 Å². The Bertz CT molecular complexity index is 327. The average Bonchev–Trinajstić information content (AvgIpc) is 2.58. The van der Waals surface area contributed by atoms with Gasteiger partial charge in [0.2, 0.25) is 0 Å². The minimum Gasteiger partial charge on any atom is -0.466 e. The highest BCUT2D eigenvalue weighted by molar-refractivity contribution is 9.10. The lowest BCUT2D eigenvalue weighted by molar-refractivity contribution is 0.429. The zero-order valence-corrected chi connectivity index (χ0v) is 11.4. The van der Waals surface area contributed by atoms with E-state index in [2.05, 4.69) is 21.2 Å². The summed E-state index contributed by atoms with van der Waals surface area (Å²) in [6, 6.07) is 2.06. The van der Waals surface area contributed by atoms with Crippen LogP contribution in [-0.4, -0.2) is 22.8 Å². The summed E-state index contributed by atoms with van der Waals surface area (Å²) in [4.78, 5) is 0. The lowest BCUT2D eigenvalue weighted by atomic mass is 10.2. The molecule has 1 heterocycles. The van der Waals surface area contributed by atoms with Crippen molar-refractivity contribution in [2.75, 3.05) is 18.6 Å². The molecule has 0 amide bonds. The molecule has 0 aliphatic rings. The fourth-order valence-corrected chi connectivity index (χ4v) is 2.40. The van der Waals surface area contributed by atoms with Gasteiger partial charge in [-0.1, -0.05) is 0 Å². The van der Waals surface area contributed by atoms with Gasteiger partial charge in [0.1, 0.15) is 5.76 Å². The van der Waals surface area contributed by atoms with Crippen LogP contribution < -0.4 is 5.32 Å². The first-order chi connectivity index (χ1) is 7.11. The second-order valence-electron chi connectivity index (χ2n) is 3.44. The molecule has 2 unspecified atom stereocenters. The number of hydrogen-bond acceptors (Lipinski definition) is 3. The lowest BCUT2D eigenvalue weighted by Crippen LogP contribution is -2.21. The molecule has 1 aromatic rings. The molecule has 0 aromatic carbocycles. The summed E-state index contributed by atoms with van der Waals surface area (Å²) in [6.07, 6.45) is 4.32. The van der Waals surface area contributed by atoms with Gasteiger partial charge in [0.05, 0.1) is 16.8 Å². The van der Waals surface area contributed by atoms with Crippen LogP contribution in [0.4, 0.5) is 0 Å². The molecule has 5 heteroatoms. The molecule has 0 aliphatic carbocycles. The zero-order valence-electron chi connectivity index (χ0n) is 8.96. The minimum absolute atomic E-state index is 0.180. The maximum Gasteiger partial charge on any atom is 0.134 e. The Hall–Kier alpha value is -0.130. The van der Waals surface area contributed by atoms with Gasteiger partial charge in [-0.2, -0.15) is 0 Å². The first-order valence-electron chi connectivity index (χ1n) is 4.87. The second-order valence-corrected chi connectivity index (χ2v) is 5.85. The number of hydrogen-bond donors (Lipinski definition) is 1. The van der Waals surface area contributed by atoms with Crippen molar-refractivity contribution in [1.82, 2.24) is 5.32 Å². The van der Waals surface area contributed by atoms with Gasteiger partial charge >= 0.3 is 0 Å². The van der Waals surface area contributed by atoms with Crippen LogP contribution in [0, 0.1) is 0 Å². The summed E-state index contributed by atoms with van der Waals surface area (Å²) in [5, 5.41) is 3.32. The van der Waals surface area contributed by atoms with Crippen molar-refractivity contribution in [1.29, 1.82) is 0 Å². The van der Waals surface area contributed by atoms with E-state index in [1.165, 1.54) is 0 Å². The Balaban J connectivity index is 2.28. The average molecular weight is 294 g/mol. The smallest absolute Gasteiger partial charge is 0.134 e. The van der Waals surface area contributed by atoms with E-state index in [-0.39, 0.29) is 6.04 Å². The molecule has 0 radical (unpaired) electrons. The summed E-state index contributed by atoms with van der Waals surface area (Å²) in [7, 11) is -0.694. The second kappa shape index (κ2) is 6.45. The molecule has 1 aromatic heterocycles. The van der Waals surface area contributed by atoms with Gasteiger partial charge in [-0.25, -0.2) is 0 Å². The Morgan fingerprint density at radius 1 is 1.67 bits per heavy atom. The predicted octanol–water partition coefficient (Wildman–Crippen LogP) is 2.46. The third-order valence-corrected chi connectivity index (χ3v) is 3.62. The van der Waals surface area contributed by atoms with Crippen molar-refractivity contribution < 1.29 is 8.63 Å². The largest absolute Gasteiger partial charge is 0.466 e. The Morgan fingerprint density at radius 3 is 2.93 bits per heavy atom. The summed E-state index contributed by atoms with van der Waals surface area (Å²) in [5.41, 5.74) is 0. The molecule has 2 atom stereocenters. The molecule has 0 saturated carbocycles. The number of rotatable bonds is 6. The normalized spacial score (nSPS) is 15.1. The van der Waals surface area contributed by atoms with E-state index in [0.717, 1.165) is 29.0 Å². The van der Waals surface area contributed by atoms with Crippen molar-refractivity contribution in [2.45, 2.75) is 19.4 Å². The predicted molar refractivity (Wildman–Crippen MR) is 66.4 cm³/mol. The molecule has 0 spiro atoms. The van der Waals surface area contributed by atoms with Crippen molar-refractivity contribution in [3.8, 4) is 0 Å². The molecule has 0 aliphatic heterocycles. The van der Waals surface area contributed by atoms with Crippen LogP contribution in [0.1, 0.15) is 25.1 Å². The summed E-state index contributed by atoms with van der Waals surface area (Å²) >= 11 is 3.42. The highest BCUT2D eigenvalue weighted by Crippen LogP contribution is 2.23. The third kappa shape index (κ3) is 4.49. The summed E-state index contributed by atoms with van der Waals surface area (Å²) in [5.74, 6) is 1.66. The van der Waals surface area contributed by atoms with Crippen molar-refractivity contribution in [2.24, 2.45) is 0 Å². The first kappa shape index (κ1) is 12.9. The van der Waals surface area contributed by atoms with E-state index in [1.807, 2.05) is 13.0 Å². The van der Waals surface area contributed by atoms with Crippen LogP contribution in [-0.2, 0) is 10.8 Å². The van der Waals surface area contributed by atoms with Gasteiger partial charge in [0.15, 0.2) is 0 Å². The number of nitrogens with one attached hydrogen (secondary N) is 1. The number of furan rings is 1. The molecule has 0 fully saturated rings. The fourth-order valence-electron chi connectivity index (χ4n) is 1.30. The van der Waals surface area contributed by atoms with Crippen molar-refractivity contribution in [3.05, 3.63) is 22.6 Å². The molecule has 0 bridgehead atoms. The SMILES string of the molecule is CC(NCCCS(C)=O)c1occc1Br. The quantitative estimate of drug-likeness (QED) is 0.820.